The fourth-order valence-electron chi connectivity index (χ4n) is 3.89. The van der Waals surface area contributed by atoms with Crippen molar-refractivity contribution >= 4 is 40.5 Å². The topological polar surface area (TPSA) is 88.4 Å². The number of carbonyl (C=O) groups excluding carboxylic acids is 1. The van der Waals surface area contributed by atoms with Crippen LogP contribution >= 0.6 is 23.2 Å². The van der Waals surface area contributed by atoms with Crippen LogP contribution in [0.4, 0.5) is 0 Å². The van der Waals surface area contributed by atoms with E-state index in [2.05, 4.69) is 17.4 Å². The van der Waals surface area contributed by atoms with Gasteiger partial charge in [-0.05, 0) is 58.4 Å². The zero-order valence-electron chi connectivity index (χ0n) is 20.2. The van der Waals surface area contributed by atoms with E-state index in [9.17, 15) is 9.35 Å². The minimum absolute atomic E-state index is 0.122. The van der Waals surface area contributed by atoms with Crippen LogP contribution in [-0.4, -0.2) is 39.8 Å². The molecule has 0 saturated carbocycles. The zero-order valence-corrected chi connectivity index (χ0v) is 22.6. The van der Waals surface area contributed by atoms with Gasteiger partial charge >= 0.3 is 0 Å². The predicted octanol–water partition coefficient (Wildman–Crippen LogP) is 5.97. The van der Waals surface area contributed by atoms with Crippen LogP contribution in [0.1, 0.15) is 70.9 Å². The number of likely N-dealkylation sites (tertiary alicyclic amines) is 1. The highest BCUT2D eigenvalue weighted by Crippen LogP contribution is 2.41. The van der Waals surface area contributed by atoms with Crippen molar-refractivity contribution < 1.29 is 14.1 Å². The first-order valence-corrected chi connectivity index (χ1v) is 13.5. The lowest BCUT2D eigenvalue weighted by Crippen LogP contribution is -2.46. The summed E-state index contributed by atoms with van der Waals surface area (Å²) in [7, 11) is 0. The molecular weight excluding hydrogens is 493 g/mol. The van der Waals surface area contributed by atoms with E-state index in [1.165, 1.54) is 0 Å². The van der Waals surface area contributed by atoms with E-state index in [4.69, 9.17) is 33.2 Å². The molecule has 34 heavy (non-hydrogen) atoms. The highest BCUT2D eigenvalue weighted by Gasteiger charge is 2.37. The van der Waals surface area contributed by atoms with Gasteiger partial charge < -0.3 is 14.2 Å². The van der Waals surface area contributed by atoms with Crippen molar-refractivity contribution in [2.75, 3.05) is 19.7 Å². The number of benzene rings is 1. The monoisotopic (exact) mass is 527 g/mol. The average molecular weight is 529 g/mol. The largest absolute Gasteiger partial charge is 0.598 e. The Kier molecular flexibility index (Phi) is 11.5. The van der Waals surface area contributed by atoms with E-state index in [1.54, 1.807) is 18.2 Å². The predicted molar refractivity (Wildman–Crippen MR) is 139 cm³/mol. The molecule has 0 aliphatic carbocycles. The maximum absolute atomic E-state index is 13.1. The fraction of sp³-hybridized carbons (Fsp3) is 0.600. The van der Waals surface area contributed by atoms with Gasteiger partial charge in [0, 0.05) is 48.9 Å². The molecule has 9 heteroatoms. The number of nitriles is 1. The quantitative estimate of drug-likeness (QED) is 0.217. The summed E-state index contributed by atoms with van der Waals surface area (Å²) in [6.07, 6.45) is 5.58. The Morgan fingerprint density at radius 2 is 2.00 bits per heavy atom. The van der Waals surface area contributed by atoms with Crippen LogP contribution in [0.2, 0.25) is 10.0 Å². The molecule has 1 fully saturated rings. The molecule has 0 spiro atoms. The second kappa shape index (κ2) is 13.6. The van der Waals surface area contributed by atoms with Crippen molar-refractivity contribution in [3.8, 4) is 11.8 Å². The van der Waals surface area contributed by atoms with Crippen molar-refractivity contribution in [3.05, 3.63) is 40.4 Å². The van der Waals surface area contributed by atoms with Gasteiger partial charge in [-0.25, -0.2) is 0 Å². The summed E-state index contributed by atoms with van der Waals surface area (Å²) in [5, 5.41) is 9.45. The van der Waals surface area contributed by atoms with Gasteiger partial charge in [0.25, 0.3) is 0 Å². The first kappa shape index (κ1) is 28.8. The number of hydrogen-bond donors (Lipinski definition) is 1. The normalized spacial score (nSPS) is 16.6. The fourth-order valence-corrected chi connectivity index (χ4v) is 5.12. The summed E-state index contributed by atoms with van der Waals surface area (Å²) in [6.45, 7) is 11.0. The van der Waals surface area contributed by atoms with E-state index in [1.807, 2.05) is 25.7 Å². The number of unbranched alkanes of at least 4 members (excludes halogenated alkanes) is 2. The maximum Gasteiger partial charge on any atom is 0.222 e. The van der Waals surface area contributed by atoms with Crippen LogP contribution in [0.25, 0.3) is 0 Å². The number of nitrogens with zero attached hydrogens (tertiary/aromatic N) is 2. The van der Waals surface area contributed by atoms with Crippen LogP contribution in [0, 0.1) is 17.2 Å². The minimum atomic E-state index is -1.33. The number of piperidine rings is 1. The molecule has 1 aliphatic heterocycles. The number of rotatable bonds is 11. The summed E-state index contributed by atoms with van der Waals surface area (Å²) in [5.41, 5.74) is 0.801. The van der Waals surface area contributed by atoms with Crippen molar-refractivity contribution in [2.24, 2.45) is 5.92 Å². The van der Waals surface area contributed by atoms with Crippen LogP contribution in [0.15, 0.2) is 24.8 Å². The van der Waals surface area contributed by atoms with Gasteiger partial charge in [0.05, 0.1) is 22.2 Å². The van der Waals surface area contributed by atoms with Gasteiger partial charge in [-0.3, -0.25) is 4.79 Å². The average Bonchev–Trinajstić information content (AvgIpc) is 2.80. The summed E-state index contributed by atoms with van der Waals surface area (Å²) in [6, 6.07) is 5.30. The molecule has 2 unspecified atom stereocenters. The van der Waals surface area contributed by atoms with Crippen molar-refractivity contribution in [2.45, 2.75) is 70.1 Å². The molecule has 0 aromatic heterocycles. The molecule has 1 aromatic rings. The maximum atomic E-state index is 13.1. The lowest BCUT2D eigenvalue weighted by Gasteiger charge is -2.38. The summed E-state index contributed by atoms with van der Waals surface area (Å²) >= 11 is 11.3. The van der Waals surface area contributed by atoms with Crippen LogP contribution in [0.5, 0.6) is 5.75 Å². The summed E-state index contributed by atoms with van der Waals surface area (Å²) in [5.74, 6) is 0.828. The minimum Gasteiger partial charge on any atom is -0.598 e. The number of hydrogen-bond acceptors (Lipinski definition) is 5. The third-order valence-electron chi connectivity index (χ3n) is 5.83. The van der Waals surface area contributed by atoms with E-state index in [-0.39, 0.29) is 17.9 Å². The first-order valence-electron chi connectivity index (χ1n) is 11.6. The standard InChI is InChI=1S/C25H35Cl2N3O3S/c1-5-15-33-22-17-21(27)20(26)16-19(22)24(29-34(32)25(2,3)4)18-10-13-30(14-11-18)23(31)9-7-6-8-12-28/h5,16-18,24,29H,1,6-11,13-15H2,2-4H3. The number of amides is 1. The molecule has 1 amide bonds. The lowest BCUT2D eigenvalue weighted by atomic mass is 9.85. The molecule has 1 aromatic carbocycles. The molecule has 1 heterocycles. The molecule has 2 rings (SSSR count). The zero-order chi connectivity index (χ0) is 25.3. The SMILES string of the molecule is C=CCOc1cc(Cl)c(Cl)cc1C(N[S+]([O-])C(C)(C)C)C1CCN(C(=O)CCCCC#N)CC1. The lowest BCUT2D eigenvalue weighted by molar-refractivity contribution is -0.132. The van der Waals surface area contributed by atoms with Crippen molar-refractivity contribution in [3.63, 3.8) is 0 Å². The van der Waals surface area contributed by atoms with E-state index >= 15 is 0 Å². The molecule has 0 bridgehead atoms. The Bertz CT molecular complexity index is 877. The molecule has 1 N–H and O–H groups in total. The molecular formula is C25H35Cl2N3O3S. The van der Waals surface area contributed by atoms with Crippen molar-refractivity contribution in [1.29, 1.82) is 5.26 Å². The molecule has 1 aliphatic rings. The van der Waals surface area contributed by atoms with Gasteiger partial charge in [-0.2, -0.15) is 5.26 Å². The number of ether oxygens (including phenoxy) is 1. The highest BCUT2D eigenvalue weighted by atomic mass is 35.5. The first-order chi connectivity index (χ1) is 16.1. The van der Waals surface area contributed by atoms with Crippen molar-refractivity contribution in [1.82, 2.24) is 9.62 Å². The van der Waals surface area contributed by atoms with Gasteiger partial charge in [-0.15, -0.1) is 4.72 Å². The molecule has 1 saturated heterocycles. The number of carbonyl (C=O) groups is 1. The summed E-state index contributed by atoms with van der Waals surface area (Å²) < 4.78 is 21.9. The second-order valence-corrected chi connectivity index (χ2v) is 12.3. The van der Waals surface area contributed by atoms with Gasteiger partial charge in [0.2, 0.25) is 5.91 Å². The van der Waals surface area contributed by atoms with Crippen LogP contribution in [0.3, 0.4) is 0 Å². The van der Waals surface area contributed by atoms with Crippen LogP contribution < -0.4 is 9.46 Å². The van der Waals surface area contributed by atoms with E-state index in [0.29, 0.717) is 48.3 Å². The highest BCUT2D eigenvalue weighted by molar-refractivity contribution is 7.90. The van der Waals surface area contributed by atoms with E-state index in [0.717, 1.165) is 31.2 Å². The van der Waals surface area contributed by atoms with Gasteiger partial charge in [-0.1, -0.05) is 35.9 Å². The van der Waals surface area contributed by atoms with Crippen LogP contribution in [-0.2, 0) is 16.2 Å². The smallest absolute Gasteiger partial charge is 0.222 e. The number of halogens is 2. The van der Waals surface area contributed by atoms with Gasteiger partial charge in [0.1, 0.15) is 17.1 Å². The Hall–Kier alpha value is -1.43. The molecule has 0 radical (unpaired) electrons. The molecule has 188 valence electrons. The Balaban J connectivity index is 2.23. The van der Waals surface area contributed by atoms with Gasteiger partial charge in [0.15, 0.2) is 0 Å². The third kappa shape index (κ3) is 8.35. The molecule has 2 atom stereocenters. The number of nitrogens with one attached hydrogen (secondary N) is 1. The Labute approximate surface area is 216 Å². The third-order valence-corrected chi connectivity index (χ3v) is 8.13. The molecule has 6 nitrogen and oxygen atoms in total. The van der Waals surface area contributed by atoms with E-state index < -0.39 is 16.1 Å². The Morgan fingerprint density at radius 3 is 2.59 bits per heavy atom. The second-order valence-electron chi connectivity index (χ2n) is 9.46. The Morgan fingerprint density at radius 1 is 1.35 bits per heavy atom. The summed E-state index contributed by atoms with van der Waals surface area (Å²) in [4.78, 5) is 14.5.